The maximum Gasteiger partial charge on any atom is 0.127 e. The van der Waals surface area contributed by atoms with Gasteiger partial charge in [-0.15, -0.1) is 0 Å². The van der Waals surface area contributed by atoms with Gasteiger partial charge in [-0.05, 0) is 76.9 Å². The summed E-state index contributed by atoms with van der Waals surface area (Å²) < 4.78 is 11.4. The van der Waals surface area contributed by atoms with Crippen LogP contribution in [0.5, 0.6) is 11.5 Å². The first kappa shape index (κ1) is 22.7. The van der Waals surface area contributed by atoms with E-state index < -0.39 is 0 Å². The summed E-state index contributed by atoms with van der Waals surface area (Å²) in [6.07, 6.45) is 2.61. The van der Waals surface area contributed by atoms with Gasteiger partial charge in [0.25, 0.3) is 0 Å². The third-order valence-electron chi connectivity index (χ3n) is 6.74. The normalized spacial score (nSPS) is 11.0. The summed E-state index contributed by atoms with van der Waals surface area (Å²) in [6, 6.07) is 29.8. The molecule has 5 rings (SSSR count). The molecule has 0 atom stereocenters. The molecule has 0 fully saturated rings. The number of methoxy groups -OCH3 is 2. The molecule has 0 saturated carbocycles. The van der Waals surface area contributed by atoms with Crippen molar-refractivity contribution in [3.63, 3.8) is 0 Å². The van der Waals surface area contributed by atoms with Crippen LogP contribution in [0.4, 0.5) is 0 Å². The molecule has 1 aromatic heterocycles. The third kappa shape index (κ3) is 4.50. The molecule has 0 bridgehead atoms. The van der Waals surface area contributed by atoms with Gasteiger partial charge in [0.05, 0.1) is 19.9 Å². The van der Waals surface area contributed by atoms with E-state index in [1.165, 1.54) is 27.8 Å². The molecule has 0 aliphatic carbocycles. The Morgan fingerprint density at radius 1 is 0.686 bits per heavy atom. The highest BCUT2D eigenvalue weighted by molar-refractivity contribution is 5.92. The van der Waals surface area contributed by atoms with E-state index in [1.807, 2.05) is 18.3 Å². The Hall–Kier alpha value is -4.11. The predicted octanol–water partition coefficient (Wildman–Crippen LogP) is 7.79. The average Bonchev–Trinajstić information content (AvgIpc) is 2.90. The lowest BCUT2D eigenvalue weighted by Gasteiger charge is -2.15. The van der Waals surface area contributed by atoms with E-state index >= 15 is 0 Å². The Bertz CT molecular complexity index is 1490. The van der Waals surface area contributed by atoms with Gasteiger partial charge in [0, 0.05) is 23.6 Å². The molecule has 0 unspecified atom stereocenters. The molecule has 0 aliphatic rings. The molecule has 0 spiro atoms. The number of pyridine rings is 1. The second-order valence-corrected chi connectivity index (χ2v) is 8.89. The minimum absolute atomic E-state index is 0.730. The molecule has 0 radical (unpaired) electrons. The Balaban J connectivity index is 1.57. The maximum atomic E-state index is 5.80. The first-order valence-electron chi connectivity index (χ1n) is 11.8. The number of hydrogen-bond donors (Lipinski definition) is 0. The van der Waals surface area contributed by atoms with Crippen molar-refractivity contribution >= 4 is 10.8 Å². The van der Waals surface area contributed by atoms with Crippen molar-refractivity contribution in [1.29, 1.82) is 0 Å². The lowest BCUT2D eigenvalue weighted by Crippen LogP contribution is -1.98. The zero-order valence-corrected chi connectivity index (χ0v) is 20.6. The van der Waals surface area contributed by atoms with Gasteiger partial charge in [-0.2, -0.15) is 0 Å². The van der Waals surface area contributed by atoms with E-state index in [0.29, 0.717) is 0 Å². The fourth-order valence-electron chi connectivity index (χ4n) is 4.68. The van der Waals surface area contributed by atoms with Gasteiger partial charge in [0.1, 0.15) is 11.5 Å². The standard InChI is InChI=1S/C32H29NO2/c1-21-16-23(18-31(34-3)22(21)2)17-30-28-20-29(32(35-4)19-27(28)14-15-33-30)26-12-10-25(11-13-26)24-8-6-5-7-9-24/h5-16,18-20H,17H2,1-4H3. The zero-order valence-electron chi connectivity index (χ0n) is 20.6. The Kier molecular flexibility index (Phi) is 6.24. The van der Waals surface area contributed by atoms with Crippen molar-refractivity contribution in [3.05, 3.63) is 114 Å². The quantitative estimate of drug-likeness (QED) is 0.260. The largest absolute Gasteiger partial charge is 0.496 e. The van der Waals surface area contributed by atoms with Crippen LogP contribution in [-0.2, 0) is 6.42 Å². The highest BCUT2D eigenvalue weighted by Gasteiger charge is 2.13. The molecule has 3 nitrogen and oxygen atoms in total. The smallest absolute Gasteiger partial charge is 0.127 e. The summed E-state index contributed by atoms with van der Waals surface area (Å²) in [4.78, 5) is 4.77. The third-order valence-corrected chi connectivity index (χ3v) is 6.74. The fourth-order valence-corrected chi connectivity index (χ4v) is 4.68. The van der Waals surface area contributed by atoms with Gasteiger partial charge in [-0.3, -0.25) is 4.98 Å². The van der Waals surface area contributed by atoms with Gasteiger partial charge >= 0.3 is 0 Å². The monoisotopic (exact) mass is 459 g/mol. The van der Waals surface area contributed by atoms with Crippen LogP contribution in [0.3, 0.4) is 0 Å². The Morgan fingerprint density at radius 3 is 2.09 bits per heavy atom. The zero-order chi connectivity index (χ0) is 24.4. The number of benzene rings is 4. The molecular weight excluding hydrogens is 430 g/mol. The van der Waals surface area contributed by atoms with Gasteiger partial charge in [-0.1, -0.05) is 60.7 Å². The molecule has 0 amide bonds. The van der Waals surface area contributed by atoms with Crippen LogP contribution in [0, 0.1) is 13.8 Å². The number of fused-ring (bicyclic) bond motifs is 1. The number of nitrogens with zero attached hydrogens (tertiary/aromatic N) is 1. The van der Waals surface area contributed by atoms with Gasteiger partial charge in [0.2, 0.25) is 0 Å². The van der Waals surface area contributed by atoms with Crippen molar-refractivity contribution in [3.8, 4) is 33.8 Å². The number of ether oxygens (including phenoxy) is 2. The topological polar surface area (TPSA) is 31.4 Å². The van der Waals surface area contributed by atoms with Crippen LogP contribution in [0.15, 0.2) is 91.1 Å². The average molecular weight is 460 g/mol. The van der Waals surface area contributed by atoms with Gasteiger partial charge in [-0.25, -0.2) is 0 Å². The second kappa shape index (κ2) is 9.63. The predicted molar refractivity (Wildman–Crippen MR) is 144 cm³/mol. The molecule has 4 aromatic carbocycles. The molecule has 174 valence electrons. The van der Waals surface area contributed by atoms with E-state index in [1.54, 1.807) is 14.2 Å². The van der Waals surface area contributed by atoms with Crippen LogP contribution in [0.2, 0.25) is 0 Å². The van der Waals surface area contributed by atoms with E-state index in [9.17, 15) is 0 Å². The number of hydrogen-bond acceptors (Lipinski definition) is 3. The molecule has 35 heavy (non-hydrogen) atoms. The van der Waals surface area contributed by atoms with Crippen molar-refractivity contribution in [2.24, 2.45) is 0 Å². The lowest BCUT2D eigenvalue weighted by atomic mass is 9.95. The van der Waals surface area contributed by atoms with Crippen LogP contribution in [-0.4, -0.2) is 19.2 Å². The molecule has 0 saturated heterocycles. The molecule has 5 aromatic rings. The van der Waals surface area contributed by atoms with Crippen LogP contribution >= 0.6 is 0 Å². The fraction of sp³-hybridized carbons (Fsp3) is 0.156. The summed E-state index contributed by atoms with van der Waals surface area (Å²) in [5.74, 6) is 1.77. The van der Waals surface area contributed by atoms with Gasteiger partial charge < -0.3 is 9.47 Å². The number of aromatic nitrogens is 1. The molecule has 3 heteroatoms. The highest BCUT2D eigenvalue weighted by atomic mass is 16.5. The first-order chi connectivity index (χ1) is 17.1. The summed E-state index contributed by atoms with van der Waals surface area (Å²) in [5.41, 5.74) is 9.21. The summed E-state index contributed by atoms with van der Waals surface area (Å²) in [6.45, 7) is 4.22. The minimum atomic E-state index is 0.730. The van der Waals surface area contributed by atoms with E-state index in [2.05, 4.69) is 86.6 Å². The lowest BCUT2D eigenvalue weighted by molar-refractivity contribution is 0.411. The Labute approximate surface area is 207 Å². The van der Waals surface area contributed by atoms with Crippen molar-refractivity contribution in [1.82, 2.24) is 4.98 Å². The summed E-state index contributed by atoms with van der Waals surface area (Å²) in [7, 11) is 3.45. The minimum Gasteiger partial charge on any atom is -0.496 e. The second-order valence-electron chi connectivity index (χ2n) is 8.89. The number of rotatable bonds is 6. The van der Waals surface area contributed by atoms with Crippen molar-refractivity contribution < 1.29 is 9.47 Å². The van der Waals surface area contributed by atoms with Crippen LogP contribution < -0.4 is 9.47 Å². The highest BCUT2D eigenvalue weighted by Crippen LogP contribution is 2.36. The molecule has 0 N–H and O–H groups in total. The van der Waals surface area contributed by atoms with Crippen LogP contribution in [0.25, 0.3) is 33.0 Å². The van der Waals surface area contributed by atoms with Crippen LogP contribution in [0.1, 0.15) is 22.4 Å². The molecular formula is C32H29NO2. The summed E-state index contributed by atoms with van der Waals surface area (Å²) >= 11 is 0. The Morgan fingerprint density at radius 2 is 1.37 bits per heavy atom. The van der Waals surface area contributed by atoms with E-state index in [4.69, 9.17) is 14.5 Å². The first-order valence-corrected chi connectivity index (χ1v) is 11.8. The van der Waals surface area contributed by atoms with E-state index in [0.717, 1.165) is 45.5 Å². The molecule has 1 heterocycles. The molecule has 0 aliphatic heterocycles. The van der Waals surface area contributed by atoms with E-state index in [-0.39, 0.29) is 0 Å². The van der Waals surface area contributed by atoms with Crippen molar-refractivity contribution in [2.45, 2.75) is 20.3 Å². The summed E-state index contributed by atoms with van der Waals surface area (Å²) in [5, 5.41) is 2.25. The van der Waals surface area contributed by atoms with Gasteiger partial charge in [0.15, 0.2) is 0 Å². The maximum absolute atomic E-state index is 5.80. The van der Waals surface area contributed by atoms with Crippen molar-refractivity contribution in [2.75, 3.05) is 14.2 Å². The number of aryl methyl sites for hydroxylation is 1. The SMILES string of the molecule is COc1cc2ccnc(Cc3cc(C)c(C)c(OC)c3)c2cc1-c1ccc(-c2ccccc2)cc1.